The zero-order chi connectivity index (χ0) is 28.8. The number of amides is 2. The quantitative estimate of drug-likeness (QED) is 0.106. The molecule has 0 saturated heterocycles. The highest BCUT2D eigenvalue weighted by atomic mass is 31.0. The smallest absolute Gasteiger partial charge is 0.313 e. The maximum absolute atomic E-state index is 11.9. The number of ether oxygens (including phenoxy) is 1. The van der Waals surface area contributed by atoms with E-state index in [0.29, 0.717) is 47.0 Å². The first kappa shape index (κ1) is 28.4. The number of carbonyl (C=O) groups is 3. The predicted molar refractivity (Wildman–Crippen MR) is 156 cm³/mol. The number of nitrogen functional groups attached to an aromatic ring is 1. The number of benzene rings is 1. The van der Waals surface area contributed by atoms with Crippen LogP contribution in [0.1, 0.15) is 22.8 Å². The van der Waals surface area contributed by atoms with E-state index < -0.39 is 11.8 Å². The number of nitrogens with one attached hydrogen (secondary N) is 4. The molecule has 4 rings (SSSR count). The van der Waals surface area contributed by atoms with Gasteiger partial charge in [-0.2, -0.15) is 9.61 Å². The second kappa shape index (κ2) is 12.5. The normalized spacial score (nSPS) is 11.6. The molecule has 208 valence electrons. The standard InChI is InChI=1S/C26H30N9O4P/c1-14(9-28-2)39-26-16(8-19(40)12-31-26)10-30-22-20(21(27)35-23(34-22)17(13-36)11-32-35)15-4-6-18(7-5-15)33-25(38)24(37)29-3/h4-8,11-14,28H,9-10,27,40H2,1-3H3,(H,29,37)(H,30,34)(H,33,38). The van der Waals surface area contributed by atoms with Crippen LogP contribution >= 0.6 is 9.24 Å². The molecule has 2 atom stereocenters. The Morgan fingerprint density at radius 2 is 1.93 bits per heavy atom. The summed E-state index contributed by atoms with van der Waals surface area (Å²) in [7, 11) is 5.84. The van der Waals surface area contributed by atoms with Gasteiger partial charge in [-0.1, -0.05) is 12.1 Å². The maximum atomic E-state index is 11.9. The third-order valence-corrected chi connectivity index (χ3v) is 6.21. The molecular formula is C26H30N9O4P. The van der Waals surface area contributed by atoms with Gasteiger partial charge in [-0.25, -0.2) is 9.97 Å². The van der Waals surface area contributed by atoms with Gasteiger partial charge in [-0.3, -0.25) is 14.4 Å². The Kier molecular flexibility index (Phi) is 8.87. The second-order valence-electron chi connectivity index (χ2n) is 8.86. The number of rotatable bonds is 10. The zero-order valence-electron chi connectivity index (χ0n) is 22.2. The van der Waals surface area contributed by atoms with Crippen LogP contribution in [0.4, 0.5) is 17.3 Å². The summed E-state index contributed by atoms with van der Waals surface area (Å²) in [5.74, 6) is -0.415. The molecule has 0 spiro atoms. The Labute approximate surface area is 232 Å². The molecule has 40 heavy (non-hydrogen) atoms. The van der Waals surface area contributed by atoms with Crippen molar-refractivity contribution in [2.24, 2.45) is 0 Å². The van der Waals surface area contributed by atoms with Crippen LogP contribution in [0, 0.1) is 0 Å². The molecule has 0 radical (unpaired) electrons. The second-order valence-corrected chi connectivity index (χ2v) is 9.52. The van der Waals surface area contributed by atoms with Crippen LogP contribution < -0.4 is 37.0 Å². The Morgan fingerprint density at radius 1 is 1.18 bits per heavy atom. The van der Waals surface area contributed by atoms with Crippen molar-refractivity contribution >= 4 is 55.6 Å². The third-order valence-electron chi connectivity index (χ3n) is 5.90. The summed E-state index contributed by atoms with van der Waals surface area (Å²) in [5, 5.41) is 16.3. The molecule has 2 unspecified atom stereocenters. The number of likely N-dealkylation sites (N-methyl/N-ethyl adjacent to an activating group) is 2. The van der Waals surface area contributed by atoms with E-state index >= 15 is 0 Å². The van der Waals surface area contributed by atoms with Crippen molar-refractivity contribution in [3.8, 4) is 17.0 Å². The van der Waals surface area contributed by atoms with Crippen LogP contribution in [0.25, 0.3) is 16.8 Å². The minimum atomic E-state index is -0.787. The summed E-state index contributed by atoms with van der Waals surface area (Å²) in [6, 6.07) is 8.67. The monoisotopic (exact) mass is 563 g/mol. The lowest BCUT2D eigenvalue weighted by molar-refractivity contribution is -0.135. The van der Waals surface area contributed by atoms with Crippen LogP contribution in [0.2, 0.25) is 0 Å². The Hall–Kier alpha value is -4.61. The zero-order valence-corrected chi connectivity index (χ0v) is 23.3. The summed E-state index contributed by atoms with van der Waals surface area (Å²) in [6.45, 7) is 2.88. The molecule has 2 amide bonds. The fourth-order valence-corrected chi connectivity index (χ4v) is 4.27. The average Bonchev–Trinajstić information content (AvgIpc) is 3.36. The van der Waals surface area contributed by atoms with Gasteiger partial charge in [0.05, 0.1) is 17.3 Å². The Morgan fingerprint density at radius 3 is 2.60 bits per heavy atom. The van der Waals surface area contributed by atoms with Gasteiger partial charge in [0.25, 0.3) is 0 Å². The molecule has 0 fully saturated rings. The summed E-state index contributed by atoms with van der Waals surface area (Å²) in [5.41, 5.74) is 9.53. The van der Waals surface area contributed by atoms with Gasteiger partial charge in [-0.05, 0) is 43.0 Å². The SMILES string of the molecule is CNCC(C)Oc1ncc(P)cc1CNc1nc2c(C=O)cnn2c(N)c1-c1ccc(NC(=O)C(=O)NC)cc1. The minimum Gasteiger partial charge on any atom is -0.473 e. The lowest BCUT2D eigenvalue weighted by Gasteiger charge is -2.18. The maximum Gasteiger partial charge on any atom is 0.313 e. The summed E-state index contributed by atoms with van der Waals surface area (Å²) >= 11 is 0. The highest BCUT2D eigenvalue weighted by Crippen LogP contribution is 2.34. The van der Waals surface area contributed by atoms with E-state index in [2.05, 4.69) is 45.6 Å². The van der Waals surface area contributed by atoms with E-state index in [1.165, 1.54) is 17.8 Å². The molecule has 0 aliphatic carbocycles. The molecule has 1 aromatic carbocycles. The number of nitrogens with two attached hydrogens (primary N) is 1. The van der Waals surface area contributed by atoms with Gasteiger partial charge in [0.15, 0.2) is 11.9 Å². The molecule has 4 aromatic rings. The summed E-state index contributed by atoms with van der Waals surface area (Å²) in [4.78, 5) is 44.3. The van der Waals surface area contributed by atoms with E-state index in [4.69, 9.17) is 10.5 Å². The van der Waals surface area contributed by atoms with Crippen LogP contribution in [0.5, 0.6) is 5.88 Å². The van der Waals surface area contributed by atoms with Gasteiger partial charge < -0.3 is 31.7 Å². The molecule has 0 aliphatic rings. The van der Waals surface area contributed by atoms with Crippen molar-refractivity contribution in [2.45, 2.75) is 19.6 Å². The van der Waals surface area contributed by atoms with Gasteiger partial charge in [0.1, 0.15) is 17.7 Å². The number of fused-ring (bicyclic) bond motifs is 1. The van der Waals surface area contributed by atoms with Crippen molar-refractivity contribution in [1.82, 2.24) is 30.2 Å². The molecule has 14 heteroatoms. The van der Waals surface area contributed by atoms with Gasteiger partial charge in [0, 0.05) is 37.6 Å². The molecule has 6 N–H and O–H groups in total. The van der Waals surface area contributed by atoms with Crippen LogP contribution in [-0.4, -0.2) is 64.4 Å². The molecule has 3 aromatic heterocycles. The van der Waals surface area contributed by atoms with E-state index in [-0.39, 0.29) is 24.0 Å². The first-order valence-electron chi connectivity index (χ1n) is 12.3. The lowest BCUT2D eigenvalue weighted by Crippen LogP contribution is -2.32. The highest BCUT2D eigenvalue weighted by Gasteiger charge is 2.20. The number of pyridine rings is 1. The van der Waals surface area contributed by atoms with Crippen LogP contribution in [-0.2, 0) is 16.1 Å². The topological polar surface area (TPSA) is 178 Å². The number of nitrogens with zero attached hydrogens (tertiary/aromatic N) is 4. The van der Waals surface area contributed by atoms with Crippen molar-refractivity contribution in [2.75, 3.05) is 37.0 Å². The first-order chi connectivity index (χ1) is 19.2. The molecular weight excluding hydrogens is 533 g/mol. The largest absolute Gasteiger partial charge is 0.473 e. The van der Waals surface area contributed by atoms with Gasteiger partial charge >= 0.3 is 11.8 Å². The fourth-order valence-electron chi connectivity index (χ4n) is 4.00. The molecule has 0 saturated carbocycles. The number of anilines is 3. The Balaban J connectivity index is 1.72. The minimum absolute atomic E-state index is 0.114. The highest BCUT2D eigenvalue weighted by molar-refractivity contribution is 7.27. The first-order valence-corrected chi connectivity index (χ1v) is 12.9. The van der Waals surface area contributed by atoms with Crippen molar-refractivity contribution in [3.05, 3.63) is 53.9 Å². The molecule has 0 bridgehead atoms. The van der Waals surface area contributed by atoms with E-state index in [9.17, 15) is 14.4 Å². The Bertz CT molecular complexity index is 1560. The number of aldehydes is 1. The fraction of sp³-hybridized carbons (Fsp3) is 0.231. The van der Waals surface area contributed by atoms with E-state index in [1.54, 1.807) is 30.5 Å². The van der Waals surface area contributed by atoms with Crippen molar-refractivity contribution in [1.29, 1.82) is 0 Å². The van der Waals surface area contributed by atoms with Gasteiger partial charge in [-0.15, -0.1) is 9.24 Å². The van der Waals surface area contributed by atoms with Crippen LogP contribution in [0.3, 0.4) is 0 Å². The molecule has 13 nitrogen and oxygen atoms in total. The third kappa shape index (κ3) is 6.16. The van der Waals surface area contributed by atoms with Crippen molar-refractivity contribution in [3.63, 3.8) is 0 Å². The average molecular weight is 564 g/mol. The molecule has 3 heterocycles. The summed E-state index contributed by atoms with van der Waals surface area (Å²) in [6.07, 6.45) is 3.65. The number of hydrogen-bond donors (Lipinski definition) is 5. The summed E-state index contributed by atoms with van der Waals surface area (Å²) < 4.78 is 7.43. The van der Waals surface area contributed by atoms with Crippen LogP contribution in [0.15, 0.2) is 42.7 Å². The van der Waals surface area contributed by atoms with Gasteiger partial charge in [0.2, 0.25) is 5.88 Å². The number of hydrogen-bond acceptors (Lipinski definition) is 10. The lowest BCUT2D eigenvalue weighted by atomic mass is 10.1. The predicted octanol–water partition coefficient (Wildman–Crippen LogP) is 0.970. The number of aromatic nitrogens is 4. The number of carbonyl (C=O) groups excluding carboxylic acids is 3. The van der Waals surface area contributed by atoms with E-state index in [0.717, 1.165) is 10.9 Å². The molecule has 0 aliphatic heterocycles. The van der Waals surface area contributed by atoms with E-state index in [1.807, 2.05) is 20.0 Å². The van der Waals surface area contributed by atoms with Crippen molar-refractivity contribution < 1.29 is 19.1 Å².